The van der Waals surface area contributed by atoms with E-state index in [1.807, 2.05) is 0 Å². The van der Waals surface area contributed by atoms with Crippen LogP contribution in [0.5, 0.6) is 11.5 Å². The molecule has 27 heavy (non-hydrogen) atoms. The number of rotatable bonds is 5. The lowest BCUT2D eigenvalue weighted by atomic mass is 10.1. The fourth-order valence-corrected chi connectivity index (χ4v) is 3.05. The molecule has 2 rings (SSSR count). The molecule has 0 atom stereocenters. The molecular weight excluding hydrogens is 374 g/mol. The summed E-state index contributed by atoms with van der Waals surface area (Å²) < 4.78 is 33.3. The van der Waals surface area contributed by atoms with Crippen LogP contribution in [0.2, 0.25) is 0 Å². The highest BCUT2D eigenvalue weighted by Gasteiger charge is 2.16. The number of amides is 2. The summed E-state index contributed by atoms with van der Waals surface area (Å²) in [7, 11) is -1.09. The van der Waals surface area contributed by atoms with Crippen LogP contribution in [0.15, 0.2) is 41.3 Å². The number of hydrogen-bond donors (Lipinski definition) is 3. The summed E-state index contributed by atoms with van der Waals surface area (Å²) in [5, 5.41) is 5.13. The Bertz CT molecular complexity index is 966. The minimum Gasteiger partial charge on any atom is -0.497 e. The smallest absolute Gasteiger partial charge is 0.269 e. The lowest BCUT2D eigenvalue weighted by Gasteiger charge is -2.11. The van der Waals surface area contributed by atoms with Gasteiger partial charge in [0, 0.05) is 17.2 Å². The van der Waals surface area contributed by atoms with Crippen LogP contribution >= 0.6 is 0 Å². The van der Waals surface area contributed by atoms with Crippen LogP contribution in [0.1, 0.15) is 26.3 Å². The topological polar surface area (TPSA) is 137 Å². The number of aryl methyl sites for hydroxylation is 1. The van der Waals surface area contributed by atoms with Gasteiger partial charge in [-0.1, -0.05) is 6.07 Å². The number of carbonyl (C=O) groups is 2. The second-order valence-electron chi connectivity index (χ2n) is 5.53. The van der Waals surface area contributed by atoms with E-state index >= 15 is 0 Å². The Morgan fingerprint density at radius 3 is 1.89 bits per heavy atom. The molecule has 0 saturated heterocycles. The van der Waals surface area contributed by atoms with E-state index in [4.69, 9.17) is 14.6 Å². The number of hydrogen-bond acceptors (Lipinski definition) is 6. The van der Waals surface area contributed by atoms with Crippen LogP contribution in [0.3, 0.4) is 0 Å². The van der Waals surface area contributed by atoms with Crippen molar-refractivity contribution in [2.24, 2.45) is 5.14 Å². The molecule has 9 nitrogen and oxygen atoms in total. The first kappa shape index (κ1) is 20.2. The van der Waals surface area contributed by atoms with E-state index in [1.165, 1.54) is 38.5 Å². The summed E-state index contributed by atoms with van der Waals surface area (Å²) in [5.41, 5.74) is 5.08. The number of hydrazine groups is 1. The van der Waals surface area contributed by atoms with Crippen molar-refractivity contribution in [3.63, 3.8) is 0 Å². The molecule has 4 N–H and O–H groups in total. The van der Waals surface area contributed by atoms with Crippen molar-refractivity contribution in [2.75, 3.05) is 14.2 Å². The predicted octanol–water partition coefficient (Wildman–Crippen LogP) is 0.734. The molecule has 0 fully saturated rings. The third-order valence-corrected chi connectivity index (χ3v) is 4.71. The largest absolute Gasteiger partial charge is 0.497 e. The van der Waals surface area contributed by atoms with Crippen LogP contribution < -0.4 is 25.5 Å². The van der Waals surface area contributed by atoms with Gasteiger partial charge in [-0.25, -0.2) is 13.6 Å². The maximum atomic E-state index is 12.2. The summed E-state index contributed by atoms with van der Waals surface area (Å²) in [6.07, 6.45) is 0. The average Bonchev–Trinajstić information content (AvgIpc) is 2.64. The van der Waals surface area contributed by atoms with Gasteiger partial charge in [0.05, 0.1) is 19.1 Å². The number of primary sulfonamides is 1. The van der Waals surface area contributed by atoms with Gasteiger partial charge in [-0.15, -0.1) is 0 Å². The molecule has 0 spiro atoms. The fraction of sp³-hybridized carbons (Fsp3) is 0.176. The summed E-state index contributed by atoms with van der Waals surface area (Å²) in [4.78, 5) is 24.3. The third-order valence-electron chi connectivity index (χ3n) is 3.66. The number of ether oxygens (including phenoxy) is 2. The fourth-order valence-electron chi connectivity index (χ4n) is 2.24. The first-order chi connectivity index (χ1) is 12.7. The van der Waals surface area contributed by atoms with Gasteiger partial charge in [0.2, 0.25) is 10.0 Å². The molecule has 0 bridgehead atoms. The molecule has 2 amide bonds. The number of methoxy groups -OCH3 is 2. The van der Waals surface area contributed by atoms with E-state index in [1.54, 1.807) is 13.0 Å². The molecule has 0 aliphatic carbocycles. The van der Waals surface area contributed by atoms with Crippen molar-refractivity contribution in [2.45, 2.75) is 11.8 Å². The number of sulfonamides is 1. The highest BCUT2D eigenvalue weighted by Crippen LogP contribution is 2.22. The van der Waals surface area contributed by atoms with Gasteiger partial charge < -0.3 is 9.47 Å². The third kappa shape index (κ3) is 4.96. The second-order valence-corrected chi connectivity index (χ2v) is 7.06. The maximum absolute atomic E-state index is 12.2. The molecule has 0 aliphatic heterocycles. The van der Waals surface area contributed by atoms with E-state index in [0.717, 1.165) is 6.07 Å². The zero-order valence-electron chi connectivity index (χ0n) is 14.9. The molecular formula is C17H19N3O6S. The first-order valence-electron chi connectivity index (χ1n) is 7.63. The van der Waals surface area contributed by atoms with Gasteiger partial charge in [0.1, 0.15) is 11.5 Å². The predicted molar refractivity (Wildman–Crippen MR) is 97.0 cm³/mol. The summed E-state index contributed by atoms with van der Waals surface area (Å²) in [6, 6.07) is 8.53. The van der Waals surface area contributed by atoms with E-state index in [2.05, 4.69) is 10.9 Å². The van der Waals surface area contributed by atoms with Gasteiger partial charge in [-0.2, -0.15) is 0 Å². The lowest BCUT2D eigenvalue weighted by Crippen LogP contribution is -2.41. The standard InChI is InChI=1S/C17H19N3O6S/c1-10-4-5-11(8-15(10)27(18,23)24)16(21)19-20-17(22)12-6-13(25-2)9-14(7-12)26-3/h4-9H,1-3H3,(H,19,21)(H,20,22)(H2,18,23,24). The van der Waals surface area contributed by atoms with Crippen molar-refractivity contribution in [3.05, 3.63) is 53.1 Å². The Labute approximate surface area is 156 Å². The van der Waals surface area contributed by atoms with Crippen LogP contribution in [0.4, 0.5) is 0 Å². The van der Waals surface area contributed by atoms with Gasteiger partial charge in [-0.3, -0.25) is 20.4 Å². The van der Waals surface area contributed by atoms with E-state index in [0.29, 0.717) is 17.1 Å². The van der Waals surface area contributed by atoms with Gasteiger partial charge in [0.15, 0.2) is 0 Å². The van der Waals surface area contributed by atoms with Crippen molar-refractivity contribution in [1.29, 1.82) is 0 Å². The van der Waals surface area contributed by atoms with Crippen molar-refractivity contribution in [3.8, 4) is 11.5 Å². The Hall–Kier alpha value is -3.11. The van der Waals surface area contributed by atoms with Crippen LogP contribution in [-0.2, 0) is 10.0 Å². The lowest BCUT2D eigenvalue weighted by molar-refractivity contribution is 0.0846. The molecule has 0 unspecified atom stereocenters. The van der Waals surface area contributed by atoms with Crippen molar-refractivity contribution < 1.29 is 27.5 Å². The SMILES string of the molecule is COc1cc(OC)cc(C(=O)NNC(=O)c2ccc(C)c(S(N)(=O)=O)c2)c1. The Balaban J connectivity index is 2.15. The monoisotopic (exact) mass is 393 g/mol. The molecule has 0 heterocycles. The summed E-state index contributed by atoms with van der Waals surface area (Å²) in [6.45, 7) is 1.55. The van der Waals surface area contributed by atoms with Crippen LogP contribution in [0, 0.1) is 6.92 Å². The second kappa shape index (κ2) is 8.06. The number of benzene rings is 2. The number of nitrogens with one attached hydrogen (secondary N) is 2. The van der Waals surface area contributed by atoms with Crippen molar-refractivity contribution in [1.82, 2.24) is 10.9 Å². The quantitative estimate of drug-likeness (QED) is 0.641. The van der Waals surface area contributed by atoms with Crippen LogP contribution in [-0.4, -0.2) is 34.5 Å². The molecule has 0 saturated carbocycles. The zero-order chi connectivity index (χ0) is 20.2. The number of nitrogens with two attached hydrogens (primary N) is 1. The Morgan fingerprint density at radius 2 is 1.41 bits per heavy atom. The molecule has 10 heteroatoms. The number of carbonyl (C=O) groups excluding carboxylic acids is 2. The Morgan fingerprint density at radius 1 is 0.889 bits per heavy atom. The summed E-state index contributed by atoms with van der Waals surface area (Å²) >= 11 is 0. The molecule has 0 aliphatic rings. The van der Waals surface area contributed by atoms with Gasteiger partial charge >= 0.3 is 0 Å². The van der Waals surface area contributed by atoms with E-state index in [9.17, 15) is 18.0 Å². The van der Waals surface area contributed by atoms with Gasteiger partial charge in [-0.05, 0) is 36.8 Å². The highest BCUT2D eigenvalue weighted by atomic mass is 32.2. The van der Waals surface area contributed by atoms with Crippen LogP contribution in [0.25, 0.3) is 0 Å². The first-order valence-corrected chi connectivity index (χ1v) is 9.17. The molecule has 2 aromatic rings. The minimum absolute atomic E-state index is 0.0214. The highest BCUT2D eigenvalue weighted by molar-refractivity contribution is 7.89. The molecule has 0 radical (unpaired) electrons. The summed E-state index contributed by atoms with van der Waals surface area (Å²) in [5.74, 6) is -0.508. The minimum atomic E-state index is -3.97. The van der Waals surface area contributed by atoms with E-state index < -0.39 is 21.8 Å². The zero-order valence-corrected chi connectivity index (χ0v) is 15.7. The Kier molecular flexibility index (Phi) is 6.03. The molecule has 2 aromatic carbocycles. The van der Waals surface area contributed by atoms with Gasteiger partial charge in [0.25, 0.3) is 11.8 Å². The molecule has 144 valence electrons. The van der Waals surface area contributed by atoms with Crippen molar-refractivity contribution >= 4 is 21.8 Å². The maximum Gasteiger partial charge on any atom is 0.269 e. The molecule has 0 aromatic heterocycles. The normalized spacial score (nSPS) is 10.8. The average molecular weight is 393 g/mol. The van der Waals surface area contributed by atoms with E-state index in [-0.39, 0.29) is 16.0 Å².